The molecule has 5 rings (SSSR count). The van der Waals surface area contributed by atoms with Gasteiger partial charge in [-0.25, -0.2) is 4.79 Å². The lowest BCUT2D eigenvalue weighted by Gasteiger charge is -2.19. The number of carbonyl (C=O) groups is 4. The molecule has 4 aromatic rings. The molecule has 3 aromatic carbocycles. The number of carbonyl (C=O) groups excluding carboxylic acids is 4. The van der Waals surface area contributed by atoms with E-state index >= 15 is 0 Å². The fraction of sp³-hybridized carbons (Fsp3) is 0.324. The number of amides is 3. The van der Waals surface area contributed by atoms with Crippen LogP contribution in [-0.2, 0) is 29.4 Å². The molecule has 57 heavy (non-hydrogen) atoms. The second-order valence-corrected chi connectivity index (χ2v) is 12.8. The van der Waals surface area contributed by atoms with Crippen molar-refractivity contribution in [2.24, 2.45) is 0 Å². The summed E-state index contributed by atoms with van der Waals surface area (Å²) in [4.78, 5) is 62.9. The van der Waals surface area contributed by atoms with E-state index in [2.05, 4.69) is 41.5 Å². The first-order valence-corrected chi connectivity index (χ1v) is 17.8. The molecule has 0 aliphatic heterocycles. The molecule has 1 aliphatic carbocycles. The summed E-state index contributed by atoms with van der Waals surface area (Å²) in [6.07, 6.45) is -3.25. The Morgan fingerprint density at radius 3 is 2.14 bits per heavy atom. The van der Waals surface area contributed by atoms with Crippen molar-refractivity contribution in [1.82, 2.24) is 25.6 Å². The van der Waals surface area contributed by atoms with Crippen LogP contribution >= 0.6 is 11.6 Å². The Labute approximate surface area is 329 Å². The highest BCUT2D eigenvalue weighted by molar-refractivity contribution is 6.39. The van der Waals surface area contributed by atoms with E-state index < -0.39 is 60.6 Å². The maximum absolute atomic E-state index is 13.1. The van der Waals surface area contributed by atoms with Crippen molar-refractivity contribution in [3.05, 3.63) is 88.9 Å². The van der Waals surface area contributed by atoms with E-state index in [1.165, 1.54) is 36.4 Å². The van der Waals surface area contributed by atoms with Crippen LogP contribution in [0.25, 0.3) is 0 Å². The fourth-order valence-electron chi connectivity index (χ4n) is 5.14. The number of nitrogens with one attached hydrogen (secondary N) is 5. The third-order valence-electron chi connectivity index (χ3n) is 8.16. The van der Waals surface area contributed by atoms with Gasteiger partial charge in [-0.3, -0.25) is 14.4 Å². The minimum Gasteiger partial charge on any atom is -0.491 e. The first kappa shape index (κ1) is 41.9. The van der Waals surface area contributed by atoms with Gasteiger partial charge in [-0.15, -0.1) is 0 Å². The summed E-state index contributed by atoms with van der Waals surface area (Å²) in [6, 6.07) is 17.1. The molecule has 1 aliphatic rings. The van der Waals surface area contributed by atoms with Crippen molar-refractivity contribution in [1.29, 1.82) is 0 Å². The maximum Gasteiger partial charge on any atom is 0.422 e. The zero-order valence-electron chi connectivity index (χ0n) is 30.6. The minimum absolute atomic E-state index is 0.0416. The van der Waals surface area contributed by atoms with Crippen molar-refractivity contribution < 1.29 is 51.3 Å². The second kappa shape index (κ2) is 19.1. The molecule has 5 N–H and O–H groups in total. The Bertz CT molecular complexity index is 2020. The molecule has 302 valence electrons. The predicted molar refractivity (Wildman–Crippen MR) is 200 cm³/mol. The summed E-state index contributed by atoms with van der Waals surface area (Å²) >= 11 is 6.03. The Morgan fingerprint density at radius 1 is 0.842 bits per heavy atom. The lowest BCUT2D eigenvalue weighted by atomic mass is 10.1. The summed E-state index contributed by atoms with van der Waals surface area (Å²) in [5.41, 5.74) is 1.04. The Morgan fingerprint density at radius 2 is 1.51 bits per heavy atom. The molecule has 1 saturated carbocycles. The fourth-order valence-corrected chi connectivity index (χ4v) is 5.27. The quantitative estimate of drug-likeness (QED) is 0.0524. The van der Waals surface area contributed by atoms with Gasteiger partial charge >= 0.3 is 30.0 Å². The number of esters is 1. The molecular weight excluding hydrogens is 777 g/mol. The Hall–Kier alpha value is -6.21. The zero-order valence-corrected chi connectivity index (χ0v) is 31.3. The predicted octanol–water partition coefficient (Wildman–Crippen LogP) is 4.75. The highest BCUT2D eigenvalue weighted by Crippen LogP contribution is 2.48. The van der Waals surface area contributed by atoms with E-state index in [9.17, 15) is 32.3 Å². The van der Waals surface area contributed by atoms with Crippen molar-refractivity contribution in [2.45, 2.75) is 37.5 Å². The molecule has 1 aromatic heterocycles. The number of methoxy groups -OCH3 is 1. The van der Waals surface area contributed by atoms with Crippen LogP contribution in [0.3, 0.4) is 0 Å². The molecule has 1 heterocycles. The summed E-state index contributed by atoms with van der Waals surface area (Å²) < 4.78 is 59.2. The lowest BCUT2D eigenvalue weighted by molar-refractivity contribution is -0.154. The van der Waals surface area contributed by atoms with Crippen LogP contribution in [-0.4, -0.2) is 90.9 Å². The standard InChI is InChI=1S/C37H38ClF3N8O8/c1-3-55-18-19-56-27-14-12-25(13-15-27)43-31(52)30(51)42-20-28(32(53)54-2)45-29(50)22-4-10-26(11-5-22)44-33-46-34(48-35(47-33)57-21-37(39,40)41)49-36(16-17-36)23-6-8-24(38)9-7-23/h4-15,28H,3,16-21H2,1-2H3,(H,42,51)(H,43,52)(H,45,50)(H2,44,46,47,48,49)/t28-/m0/s1. The van der Waals surface area contributed by atoms with Crippen LogP contribution in [0.15, 0.2) is 72.8 Å². The normalized spacial score (nSPS) is 13.4. The van der Waals surface area contributed by atoms with Crippen molar-refractivity contribution in [3.63, 3.8) is 0 Å². The van der Waals surface area contributed by atoms with Crippen LogP contribution < -0.4 is 36.1 Å². The number of rotatable bonds is 18. The molecule has 0 spiro atoms. The molecular formula is C37H38ClF3N8O8. The third-order valence-corrected chi connectivity index (χ3v) is 8.41. The number of benzene rings is 3. The minimum atomic E-state index is -4.65. The van der Waals surface area contributed by atoms with Crippen LogP contribution in [0, 0.1) is 0 Å². The maximum atomic E-state index is 13.1. The Balaban J connectivity index is 1.18. The number of nitrogens with zero attached hydrogens (tertiary/aromatic N) is 3. The third kappa shape index (κ3) is 12.7. The van der Waals surface area contributed by atoms with Crippen LogP contribution in [0.2, 0.25) is 5.02 Å². The second-order valence-electron chi connectivity index (χ2n) is 12.4. The van der Waals surface area contributed by atoms with E-state index in [0.29, 0.717) is 54.8 Å². The Kier molecular flexibility index (Phi) is 14.0. The smallest absolute Gasteiger partial charge is 0.422 e. The first-order valence-electron chi connectivity index (χ1n) is 17.4. The molecule has 16 nitrogen and oxygen atoms in total. The largest absolute Gasteiger partial charge is 0.491 e. The molecule has 0 radical (unpaired) electrons. The molecule has 3 amide bonds. The van der Waals surface area contributed by atoms with Gasteiger partial charge in [0, 0.05) is 35.1 Å². The van der Waals surface area contributed by atoms with Crippen molar-refractivity contribution in [3.8, 4) is 11.8 Å². The average Bonchev–Trinajstić information content (AvgIpc) is 3.97. The van der Waals surface area contributed by atoms with Gasteiger partial charge in [0.15, 0.2) is 6.61 Å². The molecule has 1 fully saturated rings. The van der Waals surface area contributed by atoms with E-state index in [0.717, 1.165) is 12.7 Å². The number of aromatic nitrogens is 3. The highest BCUT2D eigenvalue weighted by Gasteiger charge is 2.45. The van der Waals surface area contributed by atoms with Gasteiger partial charge in [-0.05, 0) is 86.0 Å². The number of ether oxygens (including phenoxy) is 4. The number of hydrogen-bond acceptors (Lipinski definition) is 13. The molecule has 20 heteroatoms. The molecule has 1 atom stereocenters. The zero-order chi connectivity index (χ0) is 41.0. The number of hydrogen-bond donors (Lipinski definition) is 5. The van der Waals surface area contributed by atoms with Gasteiger partial charge in [-0.1, -0.05) is 23.7 Å². The van der Waals surface area contributed by atoms with Crippen molar-refractivity contribution in [2.75, 3.05) is 56.0 Å². The van der Waals surface area contributed by atoms with Gasteiger partial charge < -0.3 is 45.5 Å². The van der Waals surface area contributed by atoms with Gasteiger partial charge in [-0.2, -0.15) is 28.1 Å². The average molecular weight is 815 g/mol. The topological polar surface area (TPSA) is 204 Å². The van der Waals surface area contributed by atoms with Crippen LogP contribution in [0.5, 0.6) is 11.8 Å². The summed E-state index contributed by atoms with van der Waals surface area (Å²) in [5.74, 6) is -3.38. The van der Waals surface area contributed by atoms with Crippen molar-refractivity contribution >= 4 is 58.6 Å². The summed E-state index contributed by atoms with van der Waals surface area (Å²) in [6.45, 7) is 1.08. The van der Waals surface area contributed by atoms with Gasteiger partial charge in [0.25, 0.3) is 5.91 Å². The van der Waals surface area contributed by atoms with Gasteiger partial charge in [0.2, 0.25) is 11.9 Å². The number of anilines is 4. The van der Waals surface area contributed by atoms with E-state index in [4.69, 9.17) is 30.5 Å². The number of halogens is 4. The SMILES string of the molecule is CCOCCOc1ccc(NC(=O)C(=O)NC[C@H](NC(=O)c2ccc(Nc3nc(NC4(c5ccc(Cl)cc5)CC4)nc(OCC(F)(F)F)n3)cc2)C(=O)OC)cc1. The highest BCUT2D eigenvalue weighted by atomic mass is 35.5. The van der Waals surface area contributed by atoms with E-state index in [1.54, 1.807) is 24.3 Å². The first-order chi connectivity index (χ1) is 27.3. The van der Waals surface area contributed by atoms with Crippen LogP contribution in [0.4, 0.5) is 36.4 Å². The van der Waals surface area contributed by atoms with E-state index in [-0.39, 0.29) is 17.5 Å². The van der Waals surface area contributed by atoms with E-state index in [1.807, 2.05) is 19.1 Å². The van der Waals surface area contributed by atoms with Crippen LogP contribution in [0.1, 0.15) is 35.7 Å². The molecule has 0 saturated heterocycles. The van der Waals surface area contributed by atoms with Gasteiger partial charge in [0.05, 0.1) is 19.3 Å². The molecule has 0 unspecified atom stereocenters. The summed E-state index contributed by atoms with van der Waals surface area (Å²) in [7, 11) is 1.09. The monoisotopic (exact) mass is 814 g/mol. The lowest BCUT2D eigenvalue weighted by Crippen LogP contribution is -2.50. The molecule has 0 bridgehead atoms. The number of alkyl halides is 3. The summed E-state index contributed by atoms with van der Waals surface area (Å²) in [5, 5.41) is 13.8. The van der Waals surface area contributed by atoms with Gasteiger partial charge in [0.1, 0.15) is 18.4 Å².